The number of hydrogen-bond acceptors (Lipinski definition) is 7. The minimum absolute atomic E-state index is 0.00945. The van der Waals surface area contributed by atoms with Crippen LogP contribution in [0.25, 0.3) is 0 Å². The maximum Gasteiger partial charge on any atom is 0.309 e. The number of fused-ring (bicyclic) bond motifs is 1. The number of benzene rings is 1. The van der Waals surface area contributed by atoms with Crippen LogP contribution in [-0.2, 0) is 24.3 Å². The van der Waals surface area contributed by atoms with E-state index in [1.165, 1.54) is 16.4 Å². The molecule has 0 saturated carbocycles. The van der Waals surface area contributed by atoms with Gasteiger partial charge in [0.15, 0.2) is 18.1 Å². The maximum atomic E-state index is 13.0. The zero-order valence-corrected chi connectivity index (χ0v) is 19.9. The first kappa shape index (κ1) is 24.3. The van der Waals surface area contributed by atoms with Crippen LogP contribution in [0.5, 0.6) is 11.5 Å². The lowest BCUT2D eigenvalue weighted by atomic mass is 9.98. The fourth-order valence-electron chi connectivity index (χ4n) is 4.16. The Balaban J connectivity index is 1.55. The summed E-state index contributed by atoms with van der Waals surface area (Å²) in [6.45, 7) is 8.57. The van der Waals surface area contributed by atoms with Crippen molar-refractivity contribution in [1.29, 1.82) is 0 Å². The van der Waals surface area contributed by atoms with E-state index in [-0.39, 0.29) is 42.6 Å². The van der Waals surface area contributed by atoms with Gasteiger partial charge >= 0.3 is 5.97 Å². The van der Waals surface area contributed by atoms with Crippen LogP contribution < -0.4 is 9.47 Å². The lowest BCUT2D eigenvalue weighted by molar-refractivity contribution is -0.157. The van der Waals surface area contributed by atoms with E-state index < -0.39 is 21.9 Å². The van der Waals surface area contributed by atoms with Gasteiger partial charge in [0.1, 0.15) is 13.2 Å². The Morgan fingerprint density at radius 3 is 2.25 bits per heavy atom. The molecule has 0 N–H and O–H groups in total. The van der Waals surface area contributed by atoms with Crippen LogP contribution in [0.1, 0.15) is 40.5 Å². The number of amides is 1. The quantitative estimate of drug-likeness (QED) is 0.564. The van der Waals surface area contributed by atoms with Gasteiger partial charge in [-0.05, 0) is 52.7 Å². The van der Waals surface area contributed by atoms with E-state index in [2.05, 4.69) is 0 Å². The molecule has 2 heterocycles. The molecule has 178 valence electrons. The predicted molar refractivity (Wildman–Crippen MR) is 117 cm³/mol. The lowest BCUT2D eigenvalue weighted by Gasteiger charge is -2.32. The van der Waals surface area contributed by atoms with Crippen LogP contribution >= 0.6 is 0 Å². The van der Waals surface area contributed by atoms with E-state index >= 15 is 0 Å². The van der Waals surface area contributed by atoms with Crippen molar-refractivity contribution >= 4 is 21.9 Å². The molecule has 1 fully saturated rings. The van der Waals surface area contributed by atoms with Gasteiger partial charge in [0.25, 0.3) is 5.91 Å². The molecule has 0 radical (unpaired) electrons. The molecular weight excluding hydrogens is 436 g/mol. The zero-order valence-electron chi connectivity index (χ0n) is 19.1. The number of hydrogen-bond donors (Lipinski definition) is 0. The third kappa shape index (κ3) is 5.35. The third-order valence-corrected chi connectivity index (χ3v) is 7.57. The molecule has 1 amide bonds. The number of ether oxygens (including phenoxy) is 3. The van der Waals surface area contributed by atoms with Gasteiger partial charge in [0, 0.05) is 31.2 Å². The molecule has 0 unspecified atom stereocenters. The molecular formula is C22H32N2O7S. The summed E-state index contributed by atoms with van der Waals surface area (Å²) >= 11 is 0. The molecule has 0 spiro atoms. The molecule has 2 aliphatic rings. The van der Waals surface area contributed by atoms with Gasteiger partial charge in [-0.15, -0.1) is 0 Å². The molecule has 32 heavy (non-hydrogen) atoms. The molecule has 0 bridgehead atoms. The van der Waals surface area contributed by atoms with E-state index in [0.717, 1.165) is 0 Å². The highest BCUT2D eigenvalue weighted by atomic mass is 32.2. The van der Waals surface area contributed by atoms with Gasteiger partial charge < -0.3 is 19.1 Å². The second-order valence-electron chi connectivity index (χ2n) is 8.58. The second-order valence-corrected chi connectivity index (χ2v) is 10.5. The van der Waals surface area contributed by atoms with Crippen LogP contribution in [-0.4, -0.2) is 74.5 Å². The first-order chi connectivity index (χ1) is 15.1. The number of piperidine rings is 1. The van der Waals surface area contributed by atoms with Crippen molar-refractivity contribution in [3.63, 3.8) is 0 Å². The van der Waals surface area contributed by atoms with Crippen LogP contribution in [0, 0.1) is 5.92 Å². The SMILES string of the molecule is CC(C)N(C(=O)COC(=O)C1CCN(S(=O)(=O)c2ccc3c(c2)OCCO3)CC1)C(C)C. The zero-order chi connectivity index (χ0) is 23.5. The van der Waals surface area contributed by atoms with Crippen LogP contribution in [0.4, 0.5) is 0 Å². The lowest BCUT2D eigenvalue weighted by Crippen LogP contribution is -2.45. The minimum atomic E-state index is -3.72. The van der Waals surface area contributed by atoms with Crippen molar-refractivity contribution in [2.75, 3.05) is 32.9 Å². The van der Waals surface area contributed by atoms with E-state index in [1.807, 2.05) is 27.7 Å². The monoisotopic (exact) mass is 468 g/mol. The van der Waals surface area contributed by atoms with Gasteiger partial charge in [-0.2, -0.15) is 4.31 Å². The summed E-state index contributed by atoms with van der Waals surface area (Å²) in [7, 11) is -3.72. The minimum Gasteiger partial charge on any atom is -0.486 e. The summed E-state index contributed by atoms with van der Waals surface area (Å²) in [6.07, 6.45) is 0.684. The highest BCUT2D eigenvalue weighted by Gasteiger charge is 2.34. The fraction of sp³-hybridized carbons (Fsp3) is 0.636. The second kappa shape index (κ2) is 10.1. The van der Waals surface area contributed by atoms with Gasteiger partial charge in [-0.1, -0.05) is 0 Å². The molecule has 1 saturated heterocycles. The number of carbonyl (C=O) groups excluding carboxylic acids is 2. The van der Waals surface area contributed by atoms with Crippen molar-refractivity contribution < 1.29 is 32.2 Å². The molecule has 2 aliphatic heterocycles. The number of carbonyl (C=O) groups is 2. The summed E-state index contributed by atoms with van der Waals surface area (Å²) in [5.74, 6) is -0.178. The van der Waals surface area contributed by atoms with Gasteiger partial charge in [-0.25, -0.2) is 8.42 Å². The summed E-state index contributed by atoms with van der Waals surface area (Å²) < 4.78 is 43.6. The number of sulfonamides is 1. The Morgan fingerprint density at radius 2 is 1.66 bits per heavy atom. The Labute approximate surface area is 189 Å². The molecule has 0 aromatic heterocycles. The topological polar surface area (TPSA) is 102 Å². The van der Waals surface area contributed by atoms with Gasteiger partial charge in [0.05, 0.1) is 10.8 Å². The highest BCUT2D eigenvalue weighted by Crippen LogP contribution is 2.34. The Hall–Kier alpha value is -2.33. The molecule has 0 atom stereocenters. The van der Waals surface area contributed by atoms with Crippen molar-refractivity contribution in [2.45, 2.75) is 57.5 Å². The fourth-order valence-corrected chi connectivity index (χ4v) is 5.65. The number of esters is 1. The Bertz CT molecular complexity index is 930. The van der Waals surface area contributed by atoms with Gasteiger partial charge in [-0.3, -0.25) is 9.59 Å². The predicted octanol–water partition coefficient (Wildman–Crippen LogP) is 2.05. The molecule has 3 rings (SSSR count). The molecule has 10 heteroatoms. The van der Waals surface area contributed by atoms with Crippen LogP contribution in [0.3, 0.4) is 0 Å². The van der Waals surface area contributed by atoms with E-state index in [1.54, 1.807) is 11.0 Å². The molecule has 0 aliphatic carbocycles. The largest absolute Gasteiger partial charge is 0.486 e. The third-order valence-electron chi connectivity index (χ3n) is 5.68. The first-order valence-electron chi connectivity index (χ1n) is 11.0. The molecule has 1 aromatic rings. The maximum absolute atomic E-state index is 13.0. The smallest absolute Gasteiger partial charge is 0.309 e. The highest BCUT2D eigenvalue weighted by molar-refractivity contribution is 7.89. The summed E-state index contributed by atoms with van der Waals surface area (Å²) in [5, 5.41) is 0. The van der Waals surface area contributed by atoms with E-state index in [9.17, 15) is 18.0 Å². The van der Waals surface area contributed by atoms with Crippen molar-refractivity contribution in [2.24, 2.45) is 5.92 Å². The molecule has 1 aromatic carbocycles. The summed E-state index contributed by atoms with van der Waals surface area (Å²) in [5.41, 5.74) is 0. The number of nitrogens with zero attached hydrogens (tertiary/aromatic N) is 2. The van der Waals surface area contributed by atoms with Crippen LogP contribution in [0.2, 0.25) is 0 Å². The van der Waals surface area contributed by atoms with Crippen LogP contribution in [0.15, 0.2) is 23.1 Å². The summed E-state index contributed by atoms with van der Waals surface area (Å²) in [6, 6.07) is 4.60. The Morgan fingerprint density at radius 1 is 1.06 bits per heavy atom. The average molecular weight is 469 g/mol. The Kier molecular flexibility index (Phi) is 7.66. The normalized spacial score (nSPS) is 17.4. The molecule has 9 nitrogen and oxygen atoms in total. The van der Waals surface area contributed by atoms with Crippen molar-refractivity contribution in [3.8, 4) is 11.5 Å². The van der Waals surface area contributed by atoms with Crippen molar-refractivity contribution in [1.82, 2.24) is 9.21 Å². The average Bonchev–Trinajstić information content (AvgIpc) is 2.76. The van der Waals surface area contributed by atoms with Crippen molar-refractivity contribution in [3.05, 3.63) is 18.2 Å². The first-order valence-corrected chi connectivity index (χ1v) is 12.4. The standard InChI is InChI=1S/C22H32N2O7S/c1-15(2)24(16(3)4)21(25)14-31-22(26)17-7-9-23(10-8-17)32(27,28)18-5-6-19-20(13-18)30-12-11-29-19/h5-6,13,15-17H,7-12,14H2,1-4H3. The van der Waals surface area contributed by atoms with Gasteiger partial charge in [0.2, 0.25) is 10.0 Å². The summed E-state index contributed by atoms with van der Waals surface area (Å²) in [4.78, 5) is 26.7. The van der Waals surface area contributed by atoms with E-state index in [4.69, 9.17) is 14.2 Å². The van der Waals surface area contributed by atoms with E-state index in [0.29, 0.717) is 37.6 Å². The number of rotatable bonds is 7.